The standard InChI is InChI=1S/C30H34N2O/c1-22-18-23(2)29-27(19-22)28(24-12-6-3-7-13-24)30(25-14-8-4-9-15-25)32(29)21-26(33)20-31-16-10-5-11-17-31/h3-4,6-9,12-15,18-19,26,33H,5,10-11,16-17,20-21H2,1-2H3/t26-/m0/s1. The Morgan fingerprint density at radius 2 is 1.42 bits per heavy atom. The van der Waals surface area contributed by atoms with Crippen LogP contribution >= 0.6 is 0 Å². The van der Waals surface area contributed by atoms with E-state index < -0.39 is 6.10 Å². The summed E-state index contributed by atoms with van der Waals surface area (Å²) in [6.45, 7) is 7.90. The fourth-order valence-electron chi connectivity index (χ4n) is 5.57. The number of aryl methyl sites for hydroxylation is 2. The molecule has 5 rings (SSSR count). The second-order valence-corrected chi connectivity index (χ2v) is 9.56. The number of piperidine rings is 1. The number of likely N-dealkylation sites (tertiary alicyclic amines) is 1. The molecule has 33 heavy (non-hydrogen) atoms. The maximum absolute atomic E-state index is 11.2. The van der Waals surface area contributed by atoms with Crippen LogP contribution in [-0.4, -0.2) is 40.3 Å². The van der Waals surface area contributed by atoms with Crippen LogP contribution in [0.25, 0.3) is 33.3 Å². The lowest BCUT2D eigenvalue weighted by Crippen LogP contribution is -2.38. The molecule has 4 aromatic rings. The molecule has 0 amide bonds. The Bertz CT molecular complexity index is 1220. The molecule has 0 aliphatic carbocycles. The molecular weight excluding hydrogens is 404 g/mol. The van der Waals surface area contributed by atoms with E-state index in [0.29, 0.717) is 6.54 Å². The van der Waals surface area contributed by atoms with Crippen molar-refractivity contribution < 1.29 is 5.11 Å². The fourth-order valence-corrected chi connectivity index (χ4v) is 5.57. The Kier molecular flexibility index (Phi) is 6.34. The quantitative estimate of drug-likeness (QED) is 0.375. The zero-order chi connectivity index (χ0) is 22.8. The van der Waals surface area contributed by atoms with Crippen LogP contribution in [0.2, 0.25) is 0 Å². The van der Waals surface area contributed by atoms with Crippen molar-refractivity contribution >= 4 is 10.9 Å². The van der Waals surface area contributed by atoms with E-state index in [9.17, 15) is 5.11 Å². The summed E-state index contributed by atoms with van der Waals surface area (Å²) in [6, 6.07) is 25.9. The van der Waals surface area contributed by atoms with E-state index in [1.54, 1.807) is 0 Å². The Labute approximate surface area is 197 Å². The number of benzene rings is 3. The topological polar surface area (TPSA) is 28.4 Å². The van der Waals surface area contributed by atoms with Crippen molar-refractivity contribution in [2.45, 2.75) is 45.8 Å². The van der Waals surface area contributed by atoms with Crippen LogP contribution in [0.5, 0.6) is 0 Å². The van der Waals surface area contributed by atoms with Gasteiger partial charge in [-0.2, -0.15) is 0 Å². The van der Waals surface area contributed by atoms with Crippen LogP contribution in [0.3, 0.4) is 0 Å². The second-order valence-electron chi connectivity index (χ2n) is 9.56. The largest absolute Gasteiger partial charge is 0.390 e. The third-order valence-electron chi connectivity index (χ3n) is 6.91. The second kappa shape index (κ2) is 9.54. The molecule has 0 spiro atoms. The maximum Gasteiger partial charge on any atom is 0.0845 e. The Balaban J connectivity index is 1.70. The van der Waals surface area contributed by atoms with Crippen molar-refractivity contribution in [3.05, 3.63) is 83.9 Å². The van der Waals surface area contributed by atoms with Crippen molar-refractivity contribution in [2.24, 2.45) is 0 Å². The maximum atomic E-state index is 11.2. The van der Waals surface area contributed by atoms with Gasteiger partial charge in [0.25, 0.3) is 0 Å². The van der Waals surface area contributed by atoms with Crippen LogP contribution in [-0.2, 0) is 6.54 Å². The molecule has 1 aliphatic heterocycles. The molecule has 3 nitrogen and oxygen atoms in total. The third kappa shape index (κ3) is 4.48. The van der Waals surface area contributed by atoms with Crippen molar-refractivity contribution in [1.29, 1.82) is 0 Å². The highest BCUT2D eigenvalue weighted by Crippen LogP contribution is 2.42. The molecule has 0 saturated carbocycles. The molecule has 1 N–H and O–H groups in total. The minimum absolute atomic E-state index is 0.412. The predicted octanol–water partition coefficient (Wildman–Crippen LogP) is 6.44. The van der Waals surface area contributed by atoms with Gasteiger partial charge >= 0.3 is 0 Å². The number of aliphatic hydroxyl groups excluding tert-OH is 1. The molecule has 3 aromatic carbocycles. The number of aromatic nitrogens is 1. The molecule has 1 aliphatic rings. The monoisotopic (exact) mass is 438 g/mol. The summed E-state index contributed by atoms with van der Waals surface area (Å²) < 4.78 is 2.39. The van der Waals surface area contributed by atoms with Gasteiger partial charge < -0.3 is 14.6 Å². The number of nitrogens with zero attached hydrogens (tertiary/aromatic N) is 2. The molecule has 0 bridgehead atoms. The third-order valence-corrected chi connectivity index (χ3v) is 6.91. The van der Waals surface area contributed by atoms with Gasteiger partial charge in [0, 0.05) is 17.5 Å². The molecule has 170 valence electrons. The Hall–Kier alpha value is -2.88. The van der Waals surface area contributed by atoms with Gasteiger partial charge in [-0.15, -0.1) is 0 Å². The fraction of sp³-hybridized carbons (Fsp3) is 0.333. The molecular formula is C30H34N2O. The van der Waals surface area contributed by atoms with Gasteiger partial charge in [-0.1, -0.05) is 78.7 Å². The molecule has 1 saturated heterocycles. The van der Waals surface area contributed by atoms with Crippen molar-refractivity contribution in [3.63, 3.8) is 0 Å². The highest BCUT2D eigenvalue weighted by molar-refractivity contribution is 6.06. The van der Waals surface area contributed by atoms with E-state index in [0.717, 1.165) is 19.6 Å². The lowest BCUT2D eigenvalue weighted by Gasteiger charge is -2.29. The van der Waals surface area contributed by atoms with E-state index in [2.05, 4.69) is 96.1 Å². The van der Waals surface area contributed by atoms with Crippen LogP contribution in [0.4, 0.5) is 0 Å². The van der Waals surface area contributed by atoms with Crippen molar-refractivity contribution in [1.82, 2.24) is 9.47 Å². The van der Waals surface area contributed by atoms with Crippen LogP contribution < -0.4 is 0 Å². The Morgan fingerprint density at radius 3 is 2.09 bits per heavy atom. The average molecular weight is 439 g/mol. The molecule has 0 radical (unpaired) electrons. The van der Waals surface area contributed by atoms with E-state index in [4.69, 9.17) is 0 Å². The van der Waals surface area contributed by atoms with Crippen LogP contribution in [0.15, 0.2) is 72.8 Å². The van der Waals surface area contributed by atoms with Gasteiger partial charge in [-0.05, 0) is 62.5 Å². The SMILES string of the molecule is Cc1cc(C)c2c(c1)c(-c1ccccc1)c(-c1ccccc1)n2C[C@@H](O)CN1CCCCC1. The zero-order valence-electron chi connectivity index (χ0n) is 19.8. The summed E-state index contributed by atoms with van der Waals surface area (Å²) in [4.78, 5) is 2.43. The summed E-state index contributed by atoms with van der Waals surface area (Å²) in [5, 5.41) is 12.5. The van der Waals surface area contributed by atoms with Crippen LogP contribution in [0, 0.1) is 13.8 Å². The first-order valence-electron chi connectivity index (χ1n) is 12.3. The van der Waals surface area contributed by atoms with Crippen molar-refractivity contribution in [3.8, 4) is 22.4 Å². The van der Waals surface area contributed by atoms with E-state index >= 15 is 0 Å². The number of β-amino-alcohol motifs (C(OH)–C–C–N with tert-alkyl or cyclic N) is 1. The summed E-state index contributed by atoms with van der Waals surface area (Å²) >= 11 is 0. The minimum Gasteiger partial charge on any atom is -0.390 e. The predicted molar refractivity (Wildman–Crippen MR) is 139 cm³/mol. The number of hydrogen-bond donors (Lipinski definition) is 1. The lowest BCUT2D eigenvalue weighted by molar-refractivity contribution is 0.0896. The summed E-state index contributed by atoms with van der Waals surface area (Å²) in [5.41, 5.74) is 8.62. The van der Waals surface area contributed by atoms with Gasteiger partial charge in [0.05, 0.1) is 23.9 Å². The molecule has 2 heterocycles. The van der Waals surface area contributed by atoms with Gasteiger partial charge in [0.2, 0.25) is 0 Å². The number of aliphatic hydroxyl groups is 1. The van der Waals surface area contributed by atoms with Gasteiger partial charge in [0.15, 0.2) is 0 Å². The molecule has 1 fully saturated rings. The number of rotatable bonds is 6. The molecule has 3 heteroatoms. The zero-order valence-corrected chi connectivity index (χ0v) is 19.8. The number of hydrogen-bond acceptors (Lipinski definition) is 2. The highest BCUT2D eigenvalue weighted by Gasteiger charge is 2.24. The summed E-state index contributed by atoms with van der Waals surface area (Å²) in [6.07, 6.45) is 3.38. The molecule has 1 aromatic heterocycles. The van der Waals surface area contributed by atoms with Gasteiger partial charge in [-0.25, -0.2) is 0 Å². The average Bonchev–Trinajstić information content (AvgIpc) is 3.14. The summed E-state index contributed by atoms with van der Waals surface area (Å²) in [7, 11) is 0. The lowest BCUT2D eigenvalue weighted by atomic mass is 9.97. The Morgan fingerprint density at radius 1 is 0.788 bits per heavy atom. The first-order chi connectivity index (χ1) is 16.1. The minimum atomic E-state index is -0.412. The van der Waals surface area contributed by atoms with E-state index in [-0.39, 0.29) is 0 Å². The molecule has 0 unspecified atom stereocenters. The molecule has 1 atom stereocenters. The van der Waals surface area contributed by atoms with Gasteiger partial charge in [0.1, 0.15) is 0 Å². The first-order valence-corrected chi connectivity index (χ1v) is 12.3. The van der Waals surface area contributed by atoms with E-state index in [1.807, 2.05) is 0 Å². The highest BCUT2D eigenvalue weighted by atomic mass is 16.3. The first kappa shape index (κ1) is 21.9. The summed E-state index contributed by atoms with van der Waals surface area (Å²) in [5.74, 6) is 0. The van der Waals surface area contributed by atoms with Crippen molar-refractivity contribution in [2.75, 3.05) is 19.6 Å². The van der Waals surface area contributed by atoms with Crippen LogP contribution in [0.1, 0.15) is 30.4 Å². The number of fused-ring (bicyclic) bond motifs is 1. The normalized spacial score (nSPS) is 15.7. The van der Waals surface area contributed by atoms with E-state index in [1.165, 1.54) is 63.7 Å². The smallest absolute Gasteiger partial charge is 0.0845 e. The van der Waals surface area contributed by atoms with Gasteiger partial charge in [-0.3, -0.25) is 0 Å².